The summed E-state index contributed by atoms with van der Waals surface area (Å²) in [4.78, 5) is 14.4. The molecule has 0 bridgehead atoms. The van der Waals surface area contributed by atoms with Gasteiger partial charge in [0.15, 0.2) is 0 Å². The molecule has 190 valence electrons. The Labute approximate surface area is 232 Å². The van der Waals surface area contributed by atoms with Crippen molar-refractivity contribution in [3.8, 4) is 39.5 Å². The lowest BCUT2D eigenvalue weighted by molar-refractivity contribution is 1.13. The Hall–Kier alpha value is -5.09. The Morgan fingerprint density at radius 1 is 0.550 bits per heavy atom. The van der Waals surface area contributed by atoms with E-state index in [1.807, 2.05) is 36.7 Å². The first-order valence-electron chi connectivity index (χ1n) is 13.8. The number of rotatable bonds is 5. The van der Waals surface area contributed by atoms with E-state index in [9.17, 15) is 0 Å². The van der Waals surface area contributed by atoms with E-state index in [2.05, 4.69) is 101 Å². The molecule has 1 aliphatic rings. The molecule has 0 N–H and O–H groups in total. The molecule has 1 aliphatic carbocycles. The lowest BCUT2D eigenvalue weighted by atomic mass is 9.99. The van der Waals surface area contributed by atoms with Gasteiger partial charge in [0, 0.05) is 29.0 Å². The molecule has 4 heterocycles. The van der Waals surface area contributed by atoms with Crippen LogP contribution in [0, 0.1) is 0 Å². The van der Waals surface area contributed by atoms with Gasteiger partial charge >= 0.3 is 0 Å². The number of hydrogen-bond acceptors (Lipinski definition) is 3. The number of para-hydroxylation sites is 1. The maximum absolute atomic E-state index is 5.07. The predicted octanol–water partition coefficient (Wildman–Crippen LogP) is 8.85. The zero-order valence-corrected chi connectivity index (χ0v) is 21.9. The molecule has 0 spiro atoms. The average molecular weight is 515 g/mol. The van der Waals surface area contributed by atoms with Gasteiger partial charge < -0.3 is 4.57 Å². The summed E-state index contributed by atoms with van der Waals surface area (Å²) in [5.41, 5.74) is 11.8. The highest BCUT2D eigenvalue weighted by Gasteiger charge is 2.23. The van der Waals surface area contributed by atoms with Gasteiger partial charge in [0.05, 0.1) is 33.6 Å². The number of nitrogens with zero attached hydrogens (tertiary/aromatic N) is 4. The van der Waals surface area contributed by atoms with Crippen molar-refractivity contribution < 1.29 is 0 Å². The summed E-state index contributed by atoms with van der Waals surface area (Å²) < 4.78 is 2.31. The van der Waals surface area contributed by atoms with Crippen LogP contribution in [0.3, 0.4) is 0 Å². The van der Waals surface area contributed by atoms with Crippen LogP contribution in [0.15, 0.2) is 128 Å². The number of pyridine rings is 3. The molecule has 3 aromatic carbocycles. The molecule has 1 saturated carbocycles. The van der Waals surface area contributed by atoms with Crippen molar-refractivity contribution in [2.75, 3.05) is 0 Å². The highest BCUT2D eigenvalue weighted by molar-refractivity contribution is 6.07. The second-order valence-electron chi connectivity index (χ2n) is 10.5. The van der Waals surface area contributed by atoms with E-state index >= 15 is 0 Å². The first-order chi connectivity index (χ1) is 19.8. The van der Waals surface area contributed by atoms with Crippen LogP contribution in [0.1, 0.15) is 24.3 Å². The molecule has 4 nitrogen and oxygen atoms in total. The maximum Gasteiger partial charge on any atom is 0.0963 e. The number of aromatic nitrogens is 4. The topological polar surface area (TPSA) is 43.6 Å². The highest BCUT2D eigenvalue weighted by Crippen LogP contribution is 2.41. The Morgan fingerprint density at radius 2 is 1.35 bits per heavy atom. The van der Waals surface area contributed by atoms with Crippen LogP contribution >= 0.6 is 0 Å². The van der Waals surface area contributed by atoms with E-state index in [0.29, 0.717) is 0 Å². The van der Waals surface area contributed by atoms with Crippen LogP contribution in [0.4, 0.5) is 0 Å². The van der Waals surface area contributed by atoms with E-state index in [0.717, 1.165) is 67.3 Å². The van der Waals surface area contributed by atoms with Gasteiger partial charge in [0.2, 0.25) is 0 Å². The van der Waals surface area contributed by atoms with E-state index < -0.39 is 0 Å². The molecule has 0 unspecified atom stereocenters. The van der Waals surface area contributed by atoms with Crippen molar-refractivity contribution in [3.05, 3.63) is 133 Å². The monoisotopic (exact) mass is 514 g/mol. The molecule has 1 fully saturated rings. The molecule has 0 saturated heterocycles. The summed E-state index contributed by atoms with van der Waals surface area (Å²) in [5, 5.41) is 1.15. The lowest BCUT2D eigenvalue weighted by Crippen LogP contribution is -1.96. The molecule has 0 atom stereocenters. The van der Waals surface area contributed by atoms with Crippen molar-refractivity contribution in [3.63, 3.8) is 0 Å². The first kappa shape index (κ1) is 22.9. The molecule has 4 heteroatoms. The number of fused-ring (bicyclic) bond motifs is 3. The number of benzene rings is 3. The van der Waals surface area contributed by atoms with Gasteiger partial charge in [-0.3, -0.25) is 9.97 Å². The van der Waals surface area contributed by atoms with Gasteiger partial charge in [0.1, 0.15) is 0 Å². The summed E-state index contributed by atoms with van der Waals surface area (Å²) in [6.45, 7) is 0. The van der Waals surface area contributed by atoms with Crippen LogP contribution < -0.4 is 0 Å². The fourth-order valence-electron chi connectivity index (χ4n) is 5.72. The Morgan fingerprint density at radius 3 is 2.20 bits per heavy atom. The normalized spacial score (nSPS) is 13.2. The Kier molecular flexibility index (Phi) is 5.30. The fraction of sp³-hybridized carbons (Fsp3) is 0.0833. The van der Waals surface area contributed by atoms with E-state index in [1.165, 1.54) is 18.4 Å². The third-order valence-electron chi connectivity index (χ3n) is 7.87. The van der Waals surface area contributed by atoms with Crippen molar-refractivity contribution in [2.24, 2.45) is 0 Å². The van der Waals surface area contributed by atoms with E-state index in [1.54, 1.807) is 0 Å². The van der Waals surface area contributed by atoms with Crippen LogP contribution in [0.5, 0.6) is 0 Å². The summed E-state index contributed by atoms with van der Waals surface area (Å²) in [6.07, 6.45) is 6.29. The SMILES string of the molecule is c1ccc(-c2cc(-c3cccc(-n4c5ccccc5c5ncccc54)c3)cc(-c3ccc(C4CC4)cc3)n2)nc1. The molecule has 4 aromatic heterocycles. The number of hydrogen-bond donors (Lipinski definition) is 0. The van der Waals surface area contributed by atoms with Crippen LogP contribution in [0.2, 0.25) is 0 Å². The summed E-state index contributed by atoms with van der Waals surface area (Å²) >= 11 is 0. The van der Waals surface area contributed by atoms with Gasteiger partial charge in [-0.25, -0.2) is 4.98 Å². The van der Waals surface area contributed by atoms with Crippen molar-refractivity contribution in [2.45, 2.75) is 18.8 Å². The highest BCUT2D eigenvalue weighted by atomic mass is 15.0. The van der Waals surface area contributed by atoms with Gasteiger partial charge in [-0.05, 0) is 90.0 Å². The molecule has 7 aromatic rings. The smallest absolute Gasteiger partial charge is 0.0963 e. The maximum atomic E-state index is 5.07. The van der Waals surface area contributed by atoms with Crippen LogP contribution in [-0.2, 0) is 0 Å². The average Bonchev–Trinajstić information content (AvgIpc) is 3.83. The minimum Gasteiger partial charge on any atom is -0.308 e. The minimum atomic E-state index is 0.733. The summed E-state index contributed by atoms with van der Waals surface area (Å²) in [7, 11) is 0. The molecule has 0 aliphatic heterocycles. The first-order valence-corrected chi connectivity index (χ1v) is 13.8. The summed E-state index contributed by atoms with van der Waals surface area (Å²) in [5.74, 6) is 0.733. The molecule has 0 radical (unpaired) electrons. The zero-order chi connectivity index (χ0) is 26.5. The summed E-state index contributed by atoms with van der Waals surface area (Å²) in [6, 6.07) is 40.6. The molecule has 8 rings (SSSR count). The predicted molar refractivity (Wildman–Crippen MR) is 162 cm³/mol. The molecule has 0 amide bonds. The van der Waals surface area contributed by atoms with Gasteiger partial charge in [-0.1, -0.05) is 60.7 Å². The molecular formula is C36H26N4. The minimum absolute atomic E-state index is 0.733. The quantitative estimate of drug-likeness (QED) is 0.230. The van der Waals surface area contributed by atoms with Crippen LogP contribution in [-0.4, -0.2) is 19.5 Å². The second kappa shape index (κ2) is 9.28. The standard InChI is InChI=1S/C36H26N4/c1-2-11-34-30(9-1)36-35(12-6-20-38-36)40(34)29-8-5-7-27(21-29)28-22-32(26-17-15-25(16-18-26)24-13-14-24)39-33(23-28)31-10-3-4-19-37-31/h1-12,15-24H,13-14H2. The lowest BCUT2D eigenvalue weighted by Gasteiger charge is -2.13. The van der Waals surface area contributed by atoms with Crippen molar-refractivity contribution in [1.82, 2.24) is 19.5 Å². The third kappa shape index (κ3) is 3.97. The van der Waals surface area contributed by atoms with Gasteiger partial charge in [0.25, 0.3) is 0 Å². The van der Waals surface area contributed by atoms with E-state index in [-0.39, 0.29) is 0 Å². The van der Waals surface area contributed by atoms with Crippen molar-refractivity contribution >= 4 is 21.9 Å². The van der Waals surface area contributed by atoms with Gasteiger partial charge in [-0.15, -0.1) is 0 Å². The fourth-order valence-corrected chi connectivity index (χ4v) is 5.72. The molecular weight excluding hydrogens is 488 g/mol. The zero-order valence-electron chi connectivity index (χ0n) is 21.9. The van der Waals surface area contributed by atoms with Crippen molar-refractivity contribution in [1.29, 1.82) is 0 Å². The van der Waals surface area contributed by atoms with Gasteiger partial charge in [-0.2, -0.15) is 0 Å². The largest absolute Gasteiger partial charge is 0.308 e. The second-order valence-corrected chi connectivity index (χ2v) is 10.5. The van der Waals surface area contributed by atoms with E-state index in [4.69, 9.17) is 9.97 Å². The molecule has 40 heavy (non-hydrogen) atoms. The Bertz CT molecular complexity index is 1950. The third-order valence-corrected chi connectivity index (χ3v) is 7.87. The Balaban J connectivity index is 1.29. The van der Waals surface area contributed by atoms with Crippen LogP contribution in [0.25, 0.3) is 61.4 Å².